The third kappa shape index (κ3) is 5.21. The lowest BCUT2D eigenvalue weighted by Crippen LogP contribution is -2.32. The molecule has 0 atom stereocenters. The first kappa shape index (κ1) is 19.7. The zero-order chi connectivity index (χ0) is 19.3. The Bertz CT molecular complexity index is 850. The Kier molecular flexibility index (Phi) is 6.23. The molecule has 0 aliphatic heterocycles. The molecule has 10 heteroatoms. The van der Waals surface area contributed by atoms with Gasteiger partial charge in [-0.05, 0) is 30.3 Å². The molecule has 0 saturated carbocycles. The van der Waals surface area contributed by atoms with E-state index in [-0.39, 0.29) is 15.7 Å². The first-order valence-corrected chi connectivity index (χ1v) is 7.69. The second-order valence-corrected chi connectivity index (χ2v) is 5.68. The number of nitrogens with zero attached hydrogens (tertiary/aromatic N) is 1. The van der Waals surface area contributed by atoms with Crippen molar-refractivity contribution < 1.29 is 22.8 Å². The summed E-state index contributed by atoms with van der Waals surface area (Å²) in [4.78, 5) is 23.4. The molecule has 0 spiro atoms. The fourth-order valence-electron chi connectivity index (χ4n) is 1.80. The fourth-order valence-corrected chi connectivity index (χ4v) is 2.30. The summed E-state index contributed by atoms with van der Waals surface area (Å²) in [5.41, 5.74) is 1.12. The number of carbonyl (C=O) groups excluding carboxylic acids is 2. The number of halogens is 5. The van der Waals surface area contributed by atoms with Crippen molar-refractivity contribution in [3.05, 3.63) is 63.6 Å². The van der Waals surface area contributed by atoms with Crippen LogP contribution in [-0.2, 0) is 15.8 Å². The average Bonchev–Trinajstić information content (AvgIpc) is 2.56. The summed E-state index contributed by atoms with van der Waals surface area (Å²) in [7, 11) is 0. The largest absolute Gasteiger partial charge is 0.416 e. The van der Waals surface area contributed by atoms with Gasteiger partial charge in [0, 0.05) is 11.3 Å². The number of carbonyl (C=O) groups is 2. The van der Waals surface area contributed by atoms with Crippen LogP contribution < -0.4 is 10.7 Å². The minimum absolute atomic E-state index is 0.182. The third-order valence-corrected chi connectivity index (χ3v) is 3.67. The highest BCUT2D eigenvalue weighted by Crippen LogP contribution is 2.30. The summed E-state index contributed by atoms with van der Waals surface area (Å²) >= 11 is 11.8. The first-order valence-electron chi connectivity index (χ1n) is 6.94. The molecule has 136 valence electrons. The molecule has 26 heavy (non-hydrogen) atoms. The molecule has 0 bridgehead atoms. The van der Waals surface area contributed by atoms with Gasteiger partial charge in [0.05, 0.1) is 21.8 Å². The molecule has 0 aromatic heterocycles. The average molecular weight is 404 g/mol. The number of rotatable bonds is 3. The lowest BCUT2D eigenvalue weighted by atomic mass is 10.2. The molecule has 0 aliphatic rings. The Balaban J connectivity index is 2.00. The van der Waals surface area contributed by atoms with Gasteiger partial charge in [0.1, 0.15) is 0 Å². The molecule has 0 unspecified atom stereocenters. The van der Waals surface area contributed by atoms with Crippen LogP contribution in [0.2, 0.25) is 10.0 Å². The van der Waals surface area contributed by atoms with E-state index in [1.807, 2.05) is 10.7 Å². The Hall–Kier alpha value is -2.58. The van der Waals surface area contributed by atoms with Crippen molar-refractivity contribution in [1.29, 1.82) is 0 Å². The van der Waals surface area contributed by atoms with Crippen molar-refractivity contribution in [3.8, 4) is 0 Å². The van der Waals surface area contributed by atoms with E-state index in [4.69, 9.17) is 23.2 Å². The van der Waals surface area contributed by atoms with Gasteiger partial charge >= 0.3 is 18.0 Å². The lowest BCUT2D eigenvalue weighted by molar-refractivity contribution is -0.137. The van der Waals surface area contributed by atoms with Crippen molar-refractivity contribution in [2.45, 2.75) is 6.18 Å². The maximum absolute atomic E-state index is 12.6. The molecule has 2 amide bonds. The molecule has 2 N–H and O–H groups in total. The van der Waals surface area contributed by atoms with Crippen molar-refractivity contribution >= 4 is 46.9 Å². The zero-order valence-electron chi connectivity index (χ0n) is 12.8. The van der Waals surface area contributed by atoms with Crippen LogP contribution >= 0.6 is 23.2 Å². The van der Waals surface area contributed by atoms with E-state index in [1.165, 1.54) is 6.07 Å². The minimum Gasteiger partial charge on any atom is -0.318 e. The van der Waals surface area contributed by atoms with Gasteiger partial charge in [-0.1, -0.05) is 35.3 Å². The Labute approximate surface area is 155 Å². The van der Waals surface area contributed by atoms with E-state index in [1.54, 1.807) is 18.2 Å². The highest BCUT2D eigenvalue weighted by Gasteiger charge is 2.30. The fraction of sp³-hybridized carbons (Fsp3) is 0.0625. The number of hydrazone groups is 1. The predicted molar refractivity (Wildman–Crippen MR) is 92.3 cm³/mol. The normalized spacial score (nSPS) is 11.4. The highest BCUT2D eigenvalue weighted by atomic mass is 35.5. The van der Waals surface area contributed by atoms with Gasteiger partial charge in [0.15, 0.2) is 0 Å². The number of nitrogens with one attached hydrogen (secondary N) is 2. The molecule has 0 fully saturated rings. The van der Waals surface area contributed by atoms with Crippen LogP contribution in [-0.4, -0.2) is 18.0 Å². The Morgan fingerprint density at radius 2 is 1.62 bits per heavy atom. The van der Waals surface area contributed by atoms with Crippen LogP contribution in [0.4, 0.5) is 18.9 Å². The van der Waals surface area contributed by atoms with Crippen molar-refractivity contribution in [2.24, 2.45) is 5.10 Å². The number of amides is 2. The van der Waals surface area contributed by atoms with Crippen molar-refractivity contribution in [1.82, 2.24) is 5.43 Å². The van der Waals surface area contributed by atoms with Crippen molar-refractivity contribution in [3.63, 3.8) is 0 Å². The number of hydrogen-bond acceptors (Lipinski definition) is 3. The minimum atomic E-state index is -4.57. The second kappa shape index (κ2) is 8.20. The molecular formula is C16H10Cl2F3N3O2. The first-order chi connectivity index (χ1) is 12.2. The van der Waals surface area contributed by atoms with E-state index in [9.17, 15) is 22.8 Å². The van der Waals surface area contributed by atoms with E-state index < -0.39 is 23.6 Å². The monoisotopic (exact) mass is 403 g/mol. The van der Waals surface area contributed by atoms with E-state index in [0.29, 0.717) is 11.6 Å². The van der Waals surface area contributed by atoms with Crippen LogP contribution in [0.25, 0.3) is 0 Å². The predicted octanol–water partition coefficient (Wildman–Crippen LogP) is 4.10. The molecule has 2 aromatic carbocycles. The summed E-state index contributed by atoms with van der Waals surface area (Å²) in [6.45, 7) is 0. The van der Waals surface area contributed by atoms with Crippen LogP contribution in [0.5, 0.6) is 0 Å². The topological polar surface area (TPSA) is 70.6 Å². The molecule has 0 radical (unpaired) electrons. The molecule has 5 nitrogen and oxygen atoms in total. The molecule has 0 heterocycles. The quantitative estimate of drug-likeness (QED) is 0.460. The molecule has 0 saturated heterocycles. The van der Waals surface area contributed by atoms with Gasteiger partial charge in [-0.2, -0.15) is 18.3 Å². The number of anilines is 1. The molecule has 0 aliphatic carbocycles. The summed E-state index contributed by atoms with van der Waals surface area (Å²) in [6.07, 6.45) is -3.43. The summed E-state index contributed by atoms with van der Waals surface area (Å²) < 4.78 is 37.9. The van der Waals surface area contributed by atoms with E-state index in [2.05, 4.69) is 5.10 Å². The van der Waals surface area contributed by atoms with Crippen LogP contribution in [0.15, 0.2) is 47.6 Å². The van der Waals surface area contributed by atoms with Gasteiger partial charge in [-0.3, -0.25) is 9.59 Å². The number of hydrogen-bond donors (Lipinski definition) is 2. The summed E-state index contributed by atoms with van der Waals surface area (Å²) in [5, 5.41) is 6.16. The second-order valence-electron chi connectivity index (χ2n) is 4.87. The summed E-state index contributed by atoms with van der Waals surface area (Å²) in [5.74, 6) is -2.37. The van der Waals surface area contributed by atoms with Gasteiger partial charge in [0.2, 0.25) is 0 Å². The zero-order valence-corrected chi connectivity index (χ0v) is 14.3. The Morgan fingerprint density at radius 1 is 1.00 bits per heavy atom. The van der Waals surface area contributed by atoms with Crippen LogP contribution in [0.1, 0.15) is 11.1 Å². The van der Waals surface area contributed by atoms with Crippen molar-refractivity contribution in [2.75, 3.05) is 5.32 Å². The molecule has 2 rings (SSSR count). The number of alkyl halides is 3. The molecule has 2 aromatic rings. The number of benzene rings is 2. The maximum Gasteiger partial charge on any atom is 0.416 e. The highest BCUT2D eigenvalue weighted by molar-refractivity contribution is 6.40. The summed E-state index contributed by atoms with van der Waals surface area (Å²) in [6, 6.07) is 8.59. The maximum atomic E-state index is 12.6. The van der Waals surface area contributed by atoms with Crippen LogP contribution in [0.3, 0.4) is 0 Å². The smallest absolute Gasteiger partial charge is 0.318 e. The SMILES string of the molecule is O=C(NN=Cc1c(Cl)cccc1Cl)C(=O)Nc1cccc(C(F)(F)F)c1. The molecular weight excluding hydrogens is 394 g/mol. The van der Waals surface area contributed by atoms with E-state index >= 15 is 0 Å². The van der Waals surface area contributed by atoms with E-state index in [0.717, 1.165) is 18.3 Å². The van der Waals surface area contributed by atoms with Gasteiger partial charge in [-0.15, -0.1) is 0 Å². The van der Waals surface area contributed by atoms with Gasteiger partial charge < -0.3 is 5.32 Å². The lowest BCUT2D eigenvalue weighted by Gasteiger charge is -2.09. The van der Waals surface area contributed by atoms with Crippen LogP contribution in [0, 0.1) is 0 Å². The standard InChI is InChI=1S/C16H10Cl2F3N3O2/c17-12-5-2-6-13(18)11(12)8-22-24-15(26)14(25)23-10-4-1-3-9(7-10)16(19,20)21/h1-8H,(H,23,25)(H,24,26). The van der Waals surface area contributed by atoms with Gasteiger partial charge in [0.25, 0.3) is 0 Å². The Morgan fingerprint density at radius 3 is 2.23 bits per heavy atom. The third-order valence-electron chi connectivity index (χ3n) is 3.01. The van der Waals surface area contributed by atoms with Gasteiger partial charge in [-0.25, -0.2) is 5.43 Å².